The molecule has 13 heavy (non-hydrogen) atoms. The number of hydrogen-bond donors (Lipinski definition) is 0. The van der Waals surface area contributed by atoms with Gasteiger partial charge in [0.05, 0.1) is 11.0 Å². The van der Waals surface area contributed by atoms with Crippen LogP contribution in [0.1, 0.15) is 32.1 Å². The molecule has 0 saturated heterocycles. The lowest BCUT2D eigenvalue weighted by Gasteiger charge is -2.25. The third kappa shape index (κ3) is 2.20. The van der Waals surface area contributed by atoms with Crippen molar-refractivity contribution >= 4 is 11.0 Å². The molecule has 0 aromatic heterocycles. The van der Waals surface area contributed by atoms with E-state index < -0.39 is 11.0 Å². The van der Waals surface area contributed by atoms with Gasteiger partial charge in [-0.2, -0.15) is 0 Å². The van der Waals surface area contributed by atoms with Gasteiger partial charge in [0, 0.05) is 18.3 Å². The molecule has 0 bridgehead atoms. The van der Waals surface area contributed by atoms with E-state index in [1.807, 2.05) is 0 Å². The van der Waals surface area contributed by atoms with Gasteiger partial charge < -0.3 is 0 Å². The van der Waals surface area contributed by atoms with Crippen LogP contribution in [0.15, 0.2) is 12.2 Å². The van der Waals surface area contributed by atoms with Crippen molar-refractivity contribution in [1.82, 2.24) is 4.31 Å². The molecule has 1 aliphatic heterocycles. The quantitative estimate of drug-likeness (QED) is 0.622. The van der Waals surface area contributed by atoms with Gasteiger partial charge in [0.25, 0.3) is 0 Å². The minimum atomic E-state index is -0.711. The second-order valence-corrected chi connectivity index (χ2v) is 5.59. The van der Waals surface area contributed by atoms with Crippen molar-refractivity contribution in [3.8, 4) is 0 Å². The van der Waals surface area contributed by atoms with Crippen LogP contribution in [0.25, 0.3) is 0 Å². The smallest absolute Gasteiger partial charge is 0.0980 e. The number of rotatable bonds is 2. The third-order valence-electron chi connectivity index (χ3n) is 2.88. The summed E-state index contributed by atoms with van der Waals surface area (Å²) in [5.41, 5.74) is 0. The van der Waals surface area contributed by atoms with E-state index in [9.17, 15) is 4.21 Å². The SMILES string of the molecule is O=S(C1CCCCC1)N1CC=CC1. The average molecular weight is 199 g/mol. The van der Waals surface area contributed by atoms with E-state index in [0.717, 1.165) is 13.1 Å². The molecular formula is C10H17NOS. The first-order chi connectivity index (χ1) is 6.38. The summed E-state index contributed by atoms with van der Waals surface area (Å²) in [6, 6.07) is 0. The maximum absolute atomic E-state index is 12.0. The van der Waals surface area contributed by atoms with E-state index >= 15 is 0 Å². The van der Waals surface area contributed by atoms with Crippen LogP contribution >= 0.6 is 0 Å². The molecule has 0 N–H and O–H groups in total. The number of hydrogen-bond acceptors (Lipinski definition) is 1. The van der Waals surface area contributed by atoms with E-state index in [1.165, 1.54) is 32.1 Å². The Bertz CT molecular complexity index is 213. The predicted octanol–water partition coefficient (Wildman–Crippen LogP) is 1.85. The van der Waals surface area contributed by atoms with Crippen molar-refractivity contribution in [1.29, 1.82) is 0 Å². The third-order valence-corrected chi connectivity index (χ3v) is 4.73. The highest BCUT2D eigenvalue weighted by atomic mass is 32.2. The monoisotopic (exact) mass is 199 g/mol. The first-order valence-corrected chi connectivity index (χ1v) is 6.35. The lowest BCUT2D eigenvalue weighted by atomic mass is 10.0. The molecule has 0 amide bonds. The molecular weight excluding hydrogens is 182 g/mol. The van der Waals surface area contributed by atoms with E-state index in [-0.39, 0.29) is 0 Å². The summed E-state index contributed by atoms with van der Waals surface area (Å²) in [5.74, 6) is 0. The Labute approximate surface area is 82.6 Å². The molecule has 1 atom stereocenters. The molecule has 1 saturated carbocycles. The molecule has 0 spiro atoms. The maximum atomic E-state index is 12.0. The lowest BCUT2D eigenvalue weighted by molar-refractivity contribution is 0.475. The van der Waals surface area contributed by atoms with Gasteiger partial charge in [-0.05, 0) is 12.8 Å². The molecule has 1 fully saturated rings. The second-order valence-electron chi connectivity index (χ2n) is 3.85. The average Bonchev–Trinajstić information content (AvgIpc) is 2.71. The molecule has 0 aromatic carbocycles. The Balaban J connectivity index is 1.88. The maximum Gasteiger partial charge on any atom is 0.0980 e. The van der Waals surface area contributed by atoms with Gasteiger partial charge in [0.2, 0.25) is 0 Å². The predicted molar refractivity (Wildman–Crippen MR) is 55.7 cm³/mol. The summed E-state index contributed by atoms with van der Waals surface area (Å²) in [4.78, 5) is 0. The van der Waals surface area contributed by atoms with Gasteiger partial charge in [0.1, 0.15) is 0 Å². The van der Waals surface area contributed by atoms with Crippen molar-refractivity contribution in [2.75, 3.05) is 13.1 Å². The molecule has 3 heteroatoms. The highest BCUT2D eigenvalue weighted by molar-refractivity contribution is 7.83. The molecule has 1 aliphatic carbocycles. The van der Waals surface area contributed by atoms with Crippen LogP contribution < -0.4 is 0 Å². The normalized spacial score (nSPS) is 28.0. The Hall–Kier alpha value is -0.150. The first kappa shape index (κ1) is 9.41. The van der Waals surface area contributed by atoms with Crippen LogP contribution in [0.5, 0.6) is 0 Å². The van der Waals surface area contributed by atoms with E-state index in [1.54, 1.807) is 0 Å². The summed E-state index contributed by atoms with van der Waals surface area (Å²) in [6.45, 7) is 1.78. The zero-order valence-corrected chi connectivity index (χ0v) is 8.76. The highest BCUT2D eigenvalue weighted by Gasteiger charge is 2.24. The van der Waals surface area contributed by atoms with Gasteiger partial charge in [-0.25, -0.2) is 8.51 Å². The number of nitrogens with zero attached hydrogens (tertiary/aromatic N) is 1. The Kier molecular flexibility index (Phi) is 3.17. The fourth-order valence-corrected chi connectivity index (χ4v) is 3.71. The summed E-state index contributed by atoms with van der Waals surface area (Å²) in [6.07, 6.45) is 10.5. The molecule has 1 unspecified atom stereocenters. The summed E-state index contributed by atoms with van der Waals surface area (Å²) in [7, 11) is -0.711. The van der Waals surface area contributed by atoms with Crippen LogP contribution in [0.3, 0.4) is 0 Å². The van der Waals surface area contributed by atoms with Crippen molar-refractivity contribution < 1.29 is 4.21 Å². The minimum absolute atomic E-state index is 0.452. The van der Waals surface area contributed by atoms with E-state index in [2.05, 4.69) is 16.5 Å². The van der Waals surface area contributed by atoms with Gasteiger partial charge in [-0.15, -0.1) is 0 Å². The molecule has 1 heterocycles. The topological polar surface area (TPSA) is 20.3 Å². The molecule has 0 aromatic rings. The van der Waals surface area contributed by atoms with Gasteiger partial charge in [0.15, 0.2) is 0 Å². The molecule has 2 nitrogen and oxygen atoms in total. The van der Waals surface area contributed by atoms with Crippen LogP contribution in [0.2, 0.25) is 0 Å². The van der Waals surface area contributed by atoms with Crippen LogP contribution in [-0.2, 0) is 11.0 Å². The molecule has 2 rings (SSSR count). The van der Waals surface area contributed by atoms with Crippen LogP contribution in [-0.4, -0.2) is 26.9 Å². The Morgan fingerprint density at radius 1 is 1.08 bits per heavy atom. The summed E-state index contributed by atoms with van der Waals surface area (Å²) >= 11 is 0. The largest absolute Gasteiger partial charge is 0.242 e. The fourth-order valence-electron chi connectivity index (χ4n) is 2.08. The summed E-state index contributed by atoms with van der Waals surface area (Å²) in [5, 5.41) is 0.452. The van der Waals surface area contributed by atoms with Crippen molar-refractivity contribution in [3.63, 3.8) is 0 Å². The van der Waals surface area contributed by atoms with E-state index in [4.69, 9.17) is 0 Å². The summed E-state index contributed by atoms with van der Waals surface area (Å²) < 4.78 is 14.1. The molecule has 74 valence electrons. The molecule has 2 aliphatic rings. The van der Waals surface area contributed by atoms with Crippen molar-refractivity contribution in [2.24, 2.45) is 0 Å². The standard InChI is InChI=1S/C10H17NOS/c12-13(11-8-4-5-9-11)10-6-2-1-3-7-10/h4-5,10H,1-3,6-9H2. The van der Waals surface area contributed by atoms with Gasteiger partial charge in [-0.1, -0.05) is 31.4 Å². The Morgan fingerprint density at radius 2 is 1.69 bits per heavy atom. The van der Waals surface area contributed by atoms with Crippen LogP contribution in [0, 0.1) is 0 Å². The highest BCUT2D eigenvalue weighted by Crippen LogP contribution is 2.24. The lowest BCUT2D eigenvalue weighted by Crippen LogP contribution is -2.32. The zero-order valence-electron chi connectivity index (χ0n) is 7.95. The molecule has 0 radical (unpaired) electrons. The van der Waals surface area contributed by atoms with Crippen molar-refractivity contribution in [3.05, 3.63) is 12.2 Å². The van der Waals surface area contributed by atoms with Crippen LogP contribution in [0.4, 0.5) is 0 Å². The first-order valence-electron chi connectivity index (χ1n) is 5.18. The van der Waals surface area contributed by atoms with Gasteiger partial charge >= 0.3 is 0 Å². The van der Waals surface area contributed by atoms with Gasteiger partial charge in [-0.3, -0.25) is 0 Å². The fraction of sp³-hybridized carbons (Fsp3) is 0.800. The zero-order chi connectivity index (χ0) is 9.10. The second kappa shape index (κ2) is 4.38. The Morgan fingerprint density at radius 3 is 2.31 bits per heavy atom. The van der Waals surface area contributed by atoms with E-state index in [0.29, 0.717) is 5.25 Å². The minimum Gasteiger partial charge on any atom is -0.242 e. The van der Waals surface area contributed by atoms with Crippen molar-refractivity contribution in [2.45, 2.75) is 37.4 Å².